The summed E-state index contributed by atoms with van der Waals surface area (Å²) >= 11 is -0.0000995. The van der Waals surface area contributed by atoms with E-state index in [2.05, 4.69) is 9.40 Å². The molecule has 0 saturated carbocycles. The molecule has 0 aromatic heterocycles. The van der Waals surface area contributed by atoms with Crippen molar-refractivity contribution in [3.05, 3.63) is 21.6 Å². The first-order chi connectivity index (χ1) is 6.20. The van der Waals surface area contributed by atoms with E-state index in [1.807, 2.05) is 6.92 Å². The van der Waals surface area contributed by atoms with Crippen LogP contribution >= 0.6 is 0 Å². The maximum atomic E-state index is 11.8. The Morgan fingerprint density at radius 2 is 2.46 bits per heavy atom. The van der Waals surface area contributed by atoms with E-state index in [0.29, 0.717) is 5.76 Å². The number of allylic oxidation sites excluding steroid dienone is 1. The topological polar surface area (TPSA) is 21.3 Å². The molecule has 0 radical (unpaired) electrons. The molecule has 0 fully saturated rings. The van der Waals surface area contributed by atoms with Gasteiger partial charge in [0.25, 0.3) is 0 Å². The Balaban J connectivity index is 2.49. The minimum atomic E-state index is -2.41. The second-order valence-electron chi connectivity index (χ2n) is 2.49. The summed E-state index contributed by atoms with van der Waals surface area (Å²) in [5.41, 5.74) is 0.957. The Bertz CT molecular complexity index is 228. The molecule has 0 aromatic carbocycles. The fourth-order valence-corrected chi connectivity index (χ4v) is 2.47. The summed E-state index contributed by atoms with van der Waals surface area (Å²) in [5, 5.41) is 3.02. The monoisotopic (exact) mass is 302 g/mol. The average molecular weight is 302 g/mol. The molecule has 0 spiro atoms. The van der Waals surface area contributed by atoms with Crippen molar-refractivity contribution in [1.82, 2.24) is 5.32 Å². The Morgan fingerprint density at radius 1 is 1.69 bits per heavy atom. The molecule has 0 unspecified atom stereocenters. The van der Waals surface area contributed by atoms with Crippen LogP contribution in [0.15, 0.2) is 21.6 Å². The molecule has 0 amide bonds. The first kappa shape index (κ1) is 10.7. The molecule has 1 N–H and O–H groups in total. The van der Waals surface area contributed by atoms with Crippen molar-refractivity contribution < 1.29 is 34.7 Å². The van der Waals surface area contributed by atoms with Crippen LogP contribution in [0.1, 0.15) is 6.92 Å². The third-order valence-electron chi connectivity index (χ3n) is 1.38. The molecule has 0 aromatic rings. The summed E-state index contributed by atoms with van der Waals surface area (Å²) in [6.07, 6.45) is -0.743. The fourth-order valence-electron chi connectivity index (χ4n) is 0.806. The van der Waals surface area contributed by atoms with Crippen molar-refractivity contribution in [1.29, 1.82) is 0 Å². The predicted octanol–water partition coefficient (Wildman–Crippen LogP) is -1.34. The van der Waals surface area contributed by atoms with Gasteiger partial charge in [-0.25, -0.2) is 0 Å². The van der Waals surface area contributed by atoms with Gasteiger partial charge in [-0.15, -0.1) is 0 Å². The van der Waals surface area contributed by atoms with E-state index < -0.39 is 13.0 Å². The molecule has 2 nitrogen and oxygen atoms in total. The van der Waals surface area contributed by atoms with Crippen molar-refractivity contribution in [2.75, 3.05) is 11.2 Å². The third-order valence-corrected chi connectivity index (χ3v) is 3.64. The summed E-state index contributed by atoms with van der Waals surface area (Å²) in [6, 6.07) is 0. The van der Waals surface area contributed by atoms with Gasteiger partial charge in [-0.1, -0.05) is 0 Å². The molecule has 1 aliphatic heterocycles. The van der Waals surface area contributed by atoms with Gasteiger partial charge < -0.3 is 0 Å². The van der Waals surface area contributed by atoms with E-state index in [9.17, 15) is 8.78 Å². The van der Waals surface area contributed by atoms with Gasteiger partial charge in [0.05, 0.1) is 0 Å². The second-order valence-corrected chi connectivity index (χ2v) is 4.76. The van der Waals surface area contributed by atoms with Crippen LogP contribution in [0.4, 0.5) is 8.78 Å². The van der Waals surface area contributed by atoms with Gasteiger partial charge in [0, 0.05) is 0 Å². The molecule has 1 aliphatic rings. The number of halogens is 3. The number of nitrogens with one attached hydrogen (secondary N) is 1. The molecule has 1 heterocycles. The van der Waals surface area contributed by atoms with Crippen LogP contribution in [0.5, 0.6) is 0 Å². The average Bonchev–Trinajstić information content (AvgIpc) is 2.27. The van der Waals surface area contributed by atoms with Gasteiger partial charge in [-0.05, 0) is 0 Å². The zero-order chi connectivity index (χ0) is 9.68. The number of ether oxygens (including phenoxy) is 1. The summed E-state index contributed by atoms with van der Waals surface area (Å²) in [6.45, 7) is 1.35. The van der Waals surface area contributed by atoms with Gasteiger partial charge in [0.1, 0.15) is 0 Å². The van der Waals surface area contributed by atoms with Crippen molar-refractivity contribution in [3.63, 3.8) is 0 Å². The number of rotatable bonds is 3. The van der Waals surface area contributed by atoms with Crippen molar-refractivity contribution in [3.8, 4) is 0 Å². The van der Waals surface area contributed by atoms with E-state index >= 15 is 0 Å². The van der Waals surface area contributed by atoms with Crippen LogP contribution in [0.25, 0.3) is 0 Å². The van der Waals surface area contributed by atoms with E-state index in [-0.39, 0.29) is 21.2 Å². The Hall–Kier alpha value is -0.330. The first-order valence-electron chi connectivity index (χ1n) is 3.79. The van der Waals surface area contributed by atoms with Crippen molar-refractivity contribution in [2.45, 2.75) is 13.3 Å². The molecule has 76 valence electrons. The van der Waals surface area contributed by atoms with E-state index in [1.54, 1.807) is 6.20 Å². The summed E-state index contributed by atoms with van der Waals surface area (Å²) in [4.78, 5) is 0. The zero-order valence-electron chi connectivity index (χ0n) is 7.19. The Kier molecular flexibility index (Phi) is 4.47. The van der Waals surface area contributed by atoms with E-state index in [4.69, 9.17) is 4.74 Å². The normalized spacial score (nSPS) is 17.8. The number of hydrogen-bond donors (Lipinski definition) is 1. The number of alkyl halides is 3. The van der Waals surface area contributed by atoms with E-state index in [0.717, 1.165) is 10.1 Å². The molecule has 0 saturated heterocycles. The Morgan fingerprint density at radius 3 is 3.15 bits per heavy atom. The number of hydrogen-bond acceptors (Lipinski definition) is 2. The van der Waals surface area contributed by atoms with E-state index in [1.165, 1.54) is 0 Å². The molecule has 13 heavy (non-hydrogen) atoms. The SMILES string of the molecule is CC1=C[I-]CNC=C1OCC(F)F. The van der Waals surface area contributed by atoms with Crippen LogP contribution in [0, 0.1) is 0 Å². The molecule has 1 rings (SSSR count). The third kappa shape index (κ3) is 3.93. The predicted molar refractivity (Wildman–Crippen MR) is 41.8 cm³/mol. The van der Waals surface area contributed by atoms with Crippen LogP contribution in [0.2, 0.25) is 0 Å². The van der Waals surface area contributed by atoms with Gasteiger partial charge in [0.15, 0.2) is 0 Å². The molecule has 0 bridgehead atoms. The van der Waals surface area contributed by atoms with Gasteiger partial charge in [-0.2, -0.15) is 0 Å². The standard InChI is InChI=1S/C8H11F2INO/c1-6-2-11-5-12-3-7(6)13-4-8(9)10/h2-3,8,12H,4-5H2,1H3/q-1. The zero-order valence-corrected chi connectivity index (χ0v) is 9.35. The molecular weight excluding hydrogens is 291 g/mol. The summed E-state index contributed by atoms with van der Waals surface area (Å²) in [5.74, 6) is 0.539. The minimum absolute atomic E-state index is 0.0000995. The second kappa shape index (κ2) is 5.41. The van der Waals surface area contributed by atoms with Crippen LogP contribution in [-0.2, 0) is 4.74 Å². The van der Waals surface area contributed by atoms with Crippen LogP contribution in [0.3, 0.4) is 0 Å². The molecule has 0 atom stereocenters. The molecule has 5 heteroatoms. The van der Waals surface area contributed by atoms with Gasteiger partial charge in [-0.3, -0.25) is 0 Å². The van der Waals surface area contributed by atoms with Gasteiger partial charge in [0.2, 0.25) is 0 Å². The molecule has 0 aliphatic carbocycles. The van der Waals surface area contributed by atoms with Crippen LogP contribution in [-0.4, -0.2) is 17.6 Å². The van der Waals surface area contributed by atoms with Crippen molar-refractivity contribution >= 4 is 0 Å². The molecular formula is C8H11F2INO-. The summed E-state index contributed by atoms with van der Waals surface area (Å²) in [7, 11) is 0. The summed E-state index contributed by atoms with van der Waals surface area (Å²) < 4.78 is 31.6. The van der Waals surface area contributed by atoms with Crippen molar-refractivity contribution in [2.24, 2.45) is 0 Å². The quantitative estimate of drug-likeness (QED) is 0.396. The van der Waals surface area contributed by atoms with Crippen LogP contribution < -0.4 is 26.5 Å². The first-order valence-corrected chi connectivity index (χ1v) is 6.56. The van der Waals surface area contributed by atoms with Gasteiger partial charge >= 0.3 is 86.2 Å². The maximum absolute atomic E-state index is 11.8. The fraction of sp³-hybridized carbons (Fsp3) is 0.500. The Labute approximate surface area is 86.3 Å².